The molecule has 5 nitrogen and oxygen atoms in total. The number of nitrogens with zero attached hydrogens (tertiary/aromatic N) is 1. The van der Waals surface area contributed by atoms with Crippen molar-refractivity contribution >= 4 is 5.91 Å². The van der Waals surface area contributed by atoms with Crippen LogP contribution < -0.4 is 15.2 Å². The Hall–Kier alpha value is -1.75. The number of likely N-dealkylation sites (N-methyl/N-ethyl adjacent to an activating group) is 1. The van der Waals surface area contributed by atoms with Crippen LogP contribution in [0.3, 0.4) is 0 Å². The highest BCUT2D eigenvalue weighted by molar-refractivity contribution is 5.81. The van der Waals surface area contributed by atoms with Crippen LogP contribution in [0.25, 0.3) is 0 Å². The Balaban J connectivity index is 2.34. The van der Waals surface area contributed by atoms with Crippen molar-refractivity contribution in [2.75, 3.05) is 27.3 Å². The average molecular weight is 250 g/mol. The van der Waals surface area contributed by atoms with Gasteiger partial charge in [-0.05, 0) is 31.8 Å². The molecule has 1 aromatic rings. The molecule has 5 heteroatoms. The van der Waals surface area contributed by atoms with Gasteiger partial charge in [0.1, 0.15) is 6.04 Å². The fourth-order valence-electron chi connectivity index (χ4n) is 2.07. The molecule has 98 valence electrons. The maximum absolute atomic E-state index is 11.5. The largest absolute Gasteiger partial charge is 0.490 e. The summed E-state index contributed by atoms with van der Waals surface area (Å²) in [4.78, 5) is 13.3. The summed E-state index contributed by atoms with van der Waals surface area (Å²) in [5.41, 5.74) is 6.24. The van der Waals surface area contributed by atoms with Crippen LogP contribution in [0, 0.1) is 0 Å². The molecule has 1 aliphatic heterocycles. The van der Waals surface area contributed by atoms with Gasteiger partial charge in [0.2, 0.25) is 5.91 Å². The summed E-state index contributed by atoms with van der Waals surface area (Å²) >= 11 is 0. The van der Waals surface area contributed by atoms with Gasteiger partial charge in [-0.25, -0.2) is 0 Å². The molecule has 0 fully saturated rings. The quantitative estimate of drug-likeness (QED) is 0.867. The lowest BCUT2D eigenvalue weighted by Crippen LogP contribution is -2.32. The molecule has 2 N–H and O–H groups in total. The Morgan fingerprint density at radius 2 is 1.94 bits per heavy atom. The fraction of sp³-hybridized carbons (Fsp3) is 0.462. The van der Waals surface area contributed by atoms with E-state index in [1.165, 1.54) is 0 Å². The molecule has 18 heavy (non-hydrogen) atoms. The molecule has 1 atom stereocenters. The monoisotopic (exact) mass is 250 g/mol. The minimum atomic E-state index is -0.456. The van der Waals surface area contributed by atoms with Crippen molar-refractivity contribution in [2.24, 2.45) is 5.73 Å². The van der Waals surface area contributed by atoms with Gasteiger partial charge in [-0.15, -0.1) is 0 Å². The van der Waals surface area contributed by atoms with Gasteiger partial charge >= 0.3 is 0 Å². The highest BCUT2D eigenvalue weighted by Gasteiger charge is 2.22. The van der Waals surface area contributed by atoms with Gasteiger partial charge in [0.05, 0.1) is 13.2 Å². The number of carbonyl (C=O) groups is 1. The van der Waals surface area contributed by atoms with Crippen molar-refractivity contribution in [3.63, 3.8) is 0 Å². The van der Waals surface area contributed by atoms with E-state index in [4.69, 9.17) is 15.2 Å². The second-order valence-corrected chi connectivity index (χ2v) is 4.53. The third kappa shape index (κ3) is 2.56. The Kier molecular flexibility index (Phi) is 3.72. The molecular weight excluding hydrogens is 232 g/mol. The topological polar surface area (TPSA) is 64.8 Å². The molecule has 0 spiro atoms. The van der Waals surface area contributed by atoms with Gasteiger partial charge in [0.15, 0.2) is 11.5 Å². The van der Waals surface area contributed by atoms with Crippen LogP contribution in [0.1, 0.15) is 18.0 Å². The zero-order chi connectivity index (χ0) is 13.1. The van der Waals surface area contributed by atoms with Gasteiger partial charge in [-0.1, -0.05) is 6.07 Å². The summed E-state index contributed by atoms with van der Waals surface area (Å²) in [6.07, 6.45) is 0.858. The van der Waals surface area contributed by atoms with E-state index in [2.05, 4.69) is 0 Å². The van der Waals surface area contributed by atoms with Crippen LogP contribution in [-0.2, 0) is 4.79 Å². The molecule has 0 saturated carbocycles. The van der Waals surface area contributed by atoms with Crippen molar-refractivity contribution in [1.29, 1.82) is 0 Å². The van der Waals surface area contributed by atoms with Crippen LogP contribution >= 0.6 is 0 Å². The third-order valence-corrected chi connectivity index (χ3v) is 2.87. The lowest BCUT2D eigenvalue weighted by atomic mass is 10.0. The fourth-order valence-corrected chi connectivity index (χ4v) is 2.07. The number of rotatable bonds is 3. The van der Waals surface area contributed by atoms with Crippen molar-refractivity contribution in [1.82, 2.24) is 4.90 Å². The first-order valence-electron chi connectivity index (χ1n) is 5.95. The molecular formula is C13H18N2O3. The zero-order valence-electron chi connectivity index (χ0n) is 10.7. The van der Waals surface area contributed by atoms with Crippen molar-refractivity contribution in [3.05, 3.63) is 23.8 Å². The minimum Gasteiger partial charge on any atom is -0.490 e. The summed E-state index contributed by atoms with van der Waals surface area (Å²) in [7, 11) is 3.64. The number of hydrogen-bond donors (Lipinski definition) is 1. The molecule has 0 aliphatic carbocycles. The molecule has 0 aromatic heterocycles. The van der Waals surface area contributed by atoms with Gasteiger partial charge in [-0.2, -0.15) is 0 Å². The minimum absolute atomic E-state index is 0.380. The van der Waals surface area contributed by atoms with Gasteiger partial charge in [-0.3, -0.25) is 9.69 Å². The SMILES string of the molecule is CN(C)C(C(N)=O)c1ccc2c(c1)OCCCO2. The first-order valence-corrected chi connectivity index (χ1v) is 5.95. The summed E-state index contributed by atoms with van der Waals surface area (Å²) in [5.74, 6) is 1.02. The average Bonchev–Trinajstić information content (AvgIpc) is 2.52. The molecule has 1 aromatic carbocycles. The van der Waals surface area contributed by atoms with E-state index in [-0.39, 0.29) is 5.91 Å². The molecule has 0 radical (unpaired) electrons. The van der Waals surface area contributed by atoms with Crippen LogP contribution in [0.4, 0.5) is 0 Å². The van der Waals surface area contributed by atoms with Crippen molar-refractivity contribution in [2.45, 2.75) is 12.5 Å². The van der Waals surface area contributed by atoms with Gasteiger partial charge in [0, 0.05) is 6.42 Å². The van der Waals surface area contributed by atoms with Crippen molar-refractivity contribution < 1.29 is 14.3 Å². The number of amides is 1. The molecule has 2 rings (SSSR count). The second kappa shape index (κ2) is 5.27. The van der Waals surface area contributed by atoms with E-state index >= 15 is 0 Å². The van der Waals surface area contributed by atoms with E-state index in [1.807, 2.05) is 32.3 Å². The summed E-state index contributed by atoms with van der Waals surface area (Å²) in [6, 6.07) is 5.05. The second-order valence-electron chi connectivity index (χ2n) is 4.53. The number of fused-ring (bicyclic) bond motifs is 1. The smallest absolute Gasteiger partial charge is 0.239 e. The lowest BCUT2D eigenvalue weighted by Gasteiger charge is -2.22. The van der Waals surface area contributed by atoms with Crippen LogP contribution in [0.15, 0.2) is 18.2 Å². The number of hydrogen-bond acceptors (Lipinski definition) is 4. The lowest BCUT2D eigenvalue weighted by molar-refractivity contribution is -0.122. The molecule has 0 bridgehead atoms. The molecule has 0 saturated heterocycles. The predicted molar refractivity (Wildman–Crippen MR) is 67.7 cm³/mol. The summed E-state index contributed by atoms with van der Waals surface area (Å²) in [6.45, 7) is 1.28. The number of nitrogens with two attached hydrogens (primary N) is 1. The molecule has 1 unspecified atom stereocenters. The Bertz CT molecular complexity index is 446. The molecule has 1 amide bonds. The number of primary amides is 1. The zero-order valence-corrected chi connectivity index (χ0v) is 10.7. The number of carbonyl (C=O) groups excluding carboxylic acids is 1. The highest BCUT2D eigenvalue weighted by Crippen LogP contribution is 2.33. The maximum Gasteiger partial charge on any atom is 0.239 e. The molecule has 1 aliphatic rings. The van der Waals surface area contributed by atoms with Crippen LogP contribution in [-0.4, -0.2) is 38.1 Å². The number of benzene rings is 1. The predicted octanol–water partition coefficient (Wildman–Crippen LogP) is 0.936. The standard InChI is InChI=1S/C13H18N2O3/c1-15(2)12(13(14)16)9-4-5-10-11(8-9)18-7-3-6-17-10/h4-5,8,12H,3,6-7H2,1-2H3,(H2,14,16). The van der Waals surface area contributed by atoms with Crippen molar-refractivity contribution in [3.8, 4) is 11.5 Å². The van der Waals surface area contributed by atoms with Crippen LogP contribution in [0.2, 0.25) is 0 Å². The Morgan fingerprint density at radius 3 is 2.56 bits per heavy atom. The van der Waals surface area contributed by atoms with E-state index in [0.717, 1.165) is 17.7 Å². The van der Waals surface area contributed by atoms with E-state index in [0.29, 0.717) is 19.0 Å². The molecule has 1 heterocycles. The summed E-state index contributed by atoms with van der Waals surface area (Å²) < 4.78 is 11.2. The first kappa shape index (κ1) is 12.7. The first-order chi connectivity index (χ1) is 8.59. The third-order valence-electron chi connectivity index (χ3n) is 2.87. The summed E-state index contributed by atoms with van der Waals surface area (Å²) in [5, 5.41) is 0. The van der Waals surface area contributed by atoms with E-state index < -0.39 is 6.04 Å². The Morgan fingerprint density at radius 1 is 1.28 bits per heavy atom. The van der Waals surface area contributed by atoms with Gasteiger partial charge < -0.3 is 15.2 Å². The maximum atomic E-state index is 11.5. The Labute approximate surface area is 106 Å². The number of ether oxygens (including phenoxy) is 2. The van der Waals surface area contributed by atoms with Gasteiger partial charge in [0.25, 0.3) is 0 Å². The van der Waals surface area contributed by atoms with Crippen LogP contribution in [0.5, 0.6) is 11.5 Å². The van der Waals surface area contributed by atoms with E-state index in [9.17, 15) is 4.79 Å². The van der Waals surface area contributed by atoms with E-state index in [1.54, 1.807) is 4.90 Å². The highest BCUT2D eigenvalue weighted by atomic mass is 16.5. The normalized spacial score (nSPS) is 16.2.